The Kier molecular flexibility index (Phi) is 3.60. The Morgan fingerprint density at radius 3 is 2.62 bits per heavy atom. The van der Waals surface area contributed by atoms with Gasteiger partial charge < -0.3 is 10.4 Å². The zero-order valence-electron chi connectivity index (χ0n) is 8.68. The van der Waals surface area contributed by atoms with E-state index in [1.54, 1.807) is 0 Å². The number of carboxylic acid groups (broad SMARTS) is 1. The maximum Gasteiger partial charge on any atom is 0.332 e. The molecule has 0 spiro atoms. The van der Waals surface area contributed by atoms with Crippen molar-refractivity contribution in [1.29, 1.82) is 0 Å². The third-order valence-electron chi connectivity index (χ3n) is 2.04. The topological polar surface area (TPSA) is 49.3 Å². The van der Waals surface area contributed by atoms with E-state index in [1.165, 1.54) is 6.92 Å². The zero-order valence-corrected chi connectivity index (χ0v) is 8.68. The first kappa shape index (κ1) is 12.2. The number of rotatable bonds is 4. The van der Waals surface area contributed by atoms with Crippen LogP contribution in [0.4, 0.5) is 14.5 Å². The second kappa shape index (κ2) is 4.74. The Hall–Kier alpha value is -1.91. The number of halogens is 2. The molecule has 0 aromatic heterocycles. The number of benzene rings is 1. The predicted molar refractivity (Wildman–Crippen MR) is 56.4 cm³/mol. The average Bonchev–Trinajstić information content (AvgIpc) is 2.20. The standard InChI is InChI=1S/C11H11F2NO2/c1-6-3-9(13)10(4-8(6)12)14-5-7(2)11(15)16/h3-4,14H,2,5H2,1H3,(H,15,16). The minimum atomic E-state index is -1.18. The first-order valence-corrected chi connectivity index (χ1v) is 4.52. The monoisotopic (exact) mass is 227 g/mol. The number of hydrogen-bond donors (Lipinski definition) is 2. The largest absolute Gasteiger partial charge is 0.478 e. The molecule has 0 saturated carbocycles. The summed E-state index contributed by atoms with van der Waals surface area (Å²) in [5, 5.41) is 11.0. The highest BCUT2D eigenvalue weighted by atomic mass is 19.1. The molecule has 0 bridgehead atoms. The summed E-state index contributed by atoms with van der Waals surface area (Å²) in [5.74, 6) is -2.36. The smallest absolute Gasteiger partial charge is 0.332 e. The molecule has 0 saturated heterocycles. The van der Waals surface area contributed by atoms with Crippen molar-refractivity contribution in [3.8, 4) is 0 Å². The minimum absolute atomic E-state index is 0.0782. The Morgan fingerprint density at radius 1 is 1.44 bits per heavy atom. The molecule has 0 fully saturated rings. The predicted octanol–water partition coefficient (Wildman–Crippen LogP) is 2.33. The first-order chi connectivity index (χ1) is 7.41. The Bertz CT molecular complexity index is 444. The fraction of sp³-hybridized carbons (Fsp3) is 0.182. The molecule has 0 aliphatic heterocycles. The fourth-order valence-electron chi connectivity index (χ4n) is 1.06. The molecule has 5 heteroatoms. The number of carbonyl (C=O) groups is 1. The van der Waals surface area contributed by atoms with Crippen LogP contribution in [0.1, 0.15) is 5.56 Å². The lowest BCUT2D eigenvalue weighted by atomic mass is 10.2. The van der Waals surface area contributed by atoms with Crippen LogP contribution in [0.2, 0.25) is 0 Å². The van der Waals surface area contributed by atoms with Crippen LogP contribution in [-0.4, -0.2) is 17.6 Å². The zero-order chi connectivity index (χ0) is 12.3. The summed E-state index contributed by atoms with van der Waals surface area (Å²) in [6, 6.07) is 2.03. The van der Waals surface area contributed by atoms with Crippen LogP contribution in [0, 0.1) is 18.6 Å². The Morgan fingerprint density at radius 2 is 2.06 bits per heavy atom. The third-order valence-corrected chi connectivity index (χ3v) is 2.04. The SMILES string of the molecule is C=C(CNc1cc(F)c(C)cc1F)C(=O)O. The summed E-state index contributed by atoms with van der Waals surface area (Å²) in [5.41, 5.74) is -0.00834. The lowest BCUT2D eigenvalue weighted by Crippen LogP contribution is -2.12. The lowest BCUT2D eigenvalue weighted by molar-refractivity contribution is -0.132. The van der Waals surface area contributed by atoms with E-state index >= 15 is 0 Å². The van der Waals surface area contributed by atoms with Crippen LogP contribution in [0.3, 0.4) is 0 Å². The van der Waals surface area contributed by atoms with Crippen LogP contribution < -0.4 is 5.32 Å². The van der Waals surface area contributed by atoms with Crippen molar-refractivity contribution in [3.63, 3.8) is 0 Å². The molecule has 0 unspecified atom stereocenters. The number of anilines is 1. The quantitative estimate of drug-likeness (QED) is 0.776. The van der Waals surface area contributed by atoms with Crippen LogP contribution in [0.15, 0.2) is 24.3 Å². The van der Waals surface area contributed by atoms with E-state index in [4.69, 9.17) is 5.11 Å². The van der Waals surface area contributed by atoms with Crippen LogP contribution in [-0.2, 0) is 4.79 Å². The lowest BCUT2D eigenvalue weighted by Gasteiger charge is -2.08. The molecule has 0 heterocycles. The van der Waals surface area contributed by atoms with E-state index in [0.717, 1.165) is 12.1 Å². The van der Waals surface area contributed by atoms with Gasteiger partial charge in [-0.15, -0.1) is 0 Å². The van der Waals surface area contributed by atoms with Gasteiger partial charge in [-0.2, -0.15) is 0 Å². The number of aryl methyl sites for hydroxylation is 1. The van der Waals surface area contributed by atoms with Gasteiger partial charge >= 0.3 is 5.97 Å². The molecule has 0 atom stereocenters. The van der Waals surface area contributed by atoms with E-state index in [9.17, 15) is 13.6 Å². The number of nitrogens with one attached hydrogen (secondary N) is 1. The van der Waals surface area contributed by atoms with Crippen molar-refractivity contribution < 1.29 is 18.7 Å². The van der Waals surface area contributed by atoms with E-state index in [1.807, 2.05) is 0 Å². The van der Waals surface area contributed by atoms with Crippen molar-refractivity contribution in [2.75, 3.05) is 11.9 Å². The summed E-state index contributed by atoms with van der Waals surface area (Å²) in [4.78, 5) is 10.4. The van der Waals surface area contributed by atoms with Crippen molar-refractivity contribution in [2.45, 2.75) is 6.92 Å². The van der Waals surface area contributed by atoms with E-state index < -0.39 is 17.6 Å². The molecule has 0 radical (unpaired) electrons. The third kappa shape index (κ3) is 2.79. The Balaban J connectivity index is 2.78. The normalized spacial score (nSPS) is 9.94. The van der Waals surface area contributed by atoms with Crippen LogP contribution in [0.5, 0.6) is 0 Å². The number of aliphatic carboxylic acids is 1. The number of carboxylic acids is 1. The molecule has 0 aliphatic rings. The van der Waals surface area contributed by atoms with E-state index in [-0.39, 0.29) is 23.4 Å². The van der Waals surface area contributed by atoms with E-state index in [0.29, 0.717) is 0 Å². The van der Waals surface area contributed by atoms with Crippen molar-refractivity contribution in [3.05, 3.63) is 41.5 Å². The first-order valence-electron chi connectivity index (χ1n) is 4.52. The molecule has 1 rings (SSSR count). The van der Waals surface area contributed by atoms with Crippen molar-refractivity contribution in [2.24, 2.45) is 0 Å². The van der Waals surface area contributed by atoms with Crippen LogP contribution >= 0.6 is 0 Å². The number of hydrogen-bond acceptors (Lipinski definition) is 2. The molecule has 2 N–H and O–H groups in total. The minimum Gasteiger partial charge on any atom is -0.478 e. The molecular weight excluding hydrogens is 216 g/mol. The maximum absolute atomic E-state index is 13.3. The second-order valence-corrected chi connectivity index (χ2v) is 3.34. The fourth-order valence-corrected chi connectivity index (χ4v) is 1.06. The summed E-state index contributed by atoms with van der Waals surface area (Å²) in [6.45, 7) is 4.56. The Labute approximate surface area is 91.4 Å². The van der Waals surface area contributed by atoms with Gasteiger partial charge in [0.15, 0.2) is 0 Å². The van der Waals surface area contributed by atoms with Gasteiger partial charge in [-0.1, -0.05) is 6.58 Å². The maximum atomic E-state index is 13.3. The average molecular weight is 227 g/mol. The molecular formula is C11H11F2NO2. The highest BCUT2D eigenvalue weighted by Crippen LogP contribution is 2.18. The van der Waals surface area contributed by atoms with Gasteiger partial charge in [-0.25, -0.2) is 13.6 Å². The van der Waals surface area contributed by atoms with Gasteiger partial charge in [0, 0.05) is 18.2 Å². The van der Waals surface area contributed by atoms with Gasteiger partial charge in [0.1, 0.15) is 11.6 Å². The van der Waals surface area contributed by atoms with Gasteiger partial charge in [0.2, 0.25) is 0 Å². The van der Waals surface area contributed by atoms with Gasteiger partial charge in [0.05, 0.1) is 5.69 Å². The highest BCUT2D eigenvalue weighted by Gasteiger charge is 2.09. The molecule has 3 nitrogen and oxygen atoms in total. The van der Waals surface area contributed by atoms with Crippen LogP contribution in [0.25, 0.3) is 0 Å². The summed E-state index contributed by atoms with van der Waals surface area (Å²) in [6.07, 6.45) is 0. The van der Waals surface area contributed by atoms with Gasteiger partial charge in [-0.05, 0) is 18.6 Å². The molecule has 0 amide bonds. The summed E-state index contributed by atoms with van der Waals surface area (Å²) in [7, 11) is 0. The van der Waals surface area contributed by atoms with E-state index in [2.05, 4.69) is 11.9 Å². The summed E-state index contributed by atoms with van der Waals surface area (Å²) >= 11 is 0. The molecule has 1 aromatic carbocycles. The van der Waals surface area contributed by atoms with Gasteiger partial charge in [-0.3, -0.25) is 0 Å². The molecule has 1 aromatic rings. The molecule has 16 heavy (non-hydrogen) atoms. The highest BCUT2D eigenvalue weighted by molar-refractivity contribution is 5.86. The molecule has 0 aliphatic carbocycles. The van der Waals surface area contributed by atoms with Crippen molar-refractivity contribution >= 4 is 11.7 Å². The van der Waals surface area contributed by atoms with Crippen molar-refractivity contribution in [1.82, 2.24) is 0 Å². The molecule has 86 valence electrons. The second-order valence-electron chi connectivity index (χ2n) is 3.34. The summed E-state index contributed by atoms with van der Waals surface area (Å²) < 4.78 is 26.4. The van der Waals surface area contributed by atoms with Gasteiger partial charge in [0.25, 0.3) is 0 Å².